The molecule has 82 valence electrons. The molecule has 4 nitrogen and oxygen atoms in total. The number of carbonyl (C=O) groups is 1. The zero-order valence-corrected chi connectivity index (χ0v) is 8.99. The number of nitrogens with two attached hydrogens (primary N) is 2. The number of primary amides is 1. The zero-order valence-electron chi connectivity index (χ0n) is 8.99. The number of benzene rings is 1. The second-order valence-electron chi connectivity index (χ2n) is 3.53. The second-order valence-corrected chi connectivity index (χ2v) is 3.53. The molecule has 1 aromatic carbocycles. The predicted octanol–water partition coefficient (Wildman–Crippen LogP) is 0.945. The molecule has 4 N–H and O–H groups in total. The van der Waals surface area contributed by atoms with Crippen LogP contribution in [0.2, 0.25) is 0 Å². The number of methoxy groups -OCH3 is 1. The average molecular weight is 208 g/mol. The van der Waals surface area contributed by atoms with Gasteiger partial charge < -0.3 is 16.2 Å². The zero-order chi connectivity index (χ0) is 11.4. The van der Waals surface area contributed by atoms with Crippen molar-refractivity contribution in [2.75, 3.05) is 12.8 Å². The fourth-order valence-corrected chi connectivity index (χ4v) is 1.33. The van der Waals surface area contributed by atoms with Crippen molar-refractivity contribution in [3.8, 4) is 0 Å². The molecular formula is C11H16N2O2. The highest BCUT2D eigenvalue weighted by atomic mass is 16.5. The Kier molecular flexibility index (Phi) is 3.68. The molecule has 0 aliphatic heterocycles. The number of hydrogen-bond donors (Lipinski definition) is 2. The van der Waals surface area contributed by atoms with Crippen molar-refractivity contribution in [1.82, 2.24) is 0 Å². The SMILES string of the molecule is COC(C)Cc1ccc(C(N)=O)cc1N. The minimum Gasteiger partial charge on any atom is -0.398 e. The molecule has 1 aromatic rings. The van der Waals surface area contributed by atoms with E-state index in [1.807, 2.05) is 13.0 Å². The average Bonchev–Trinajstić information content (AvgIpc) is 2.20. The maximum absolute atomic E-state index is 10.9. The third kappa shape index (κ3) is 2.95. The first-order valence-electron chi connectivity index (χ1n) is 4.75. The summed E-state index contributed by atoms with van der Waals surface area (Å²) in [6, 6.07) is 5.08. The fourth-order valence-electron chi connectivity index (χ4n) is 1.33. The molecule has 0 fully saturated rings. The first kappa shape index (κ1) is 11.5. The summed E-state index contributed by atoms with van der Waals surface area (Å²) in [5.41, 5.74) is 12.9. The summed E-state index contributed by atoms with van der Waals surface area (Å²) < 4.78 is 5.14. The van der Waals surface area contributed by atoms with Crippen LogP contribution in [-0.2, 0) is 11.2 Å². The summed E-state index contributed by atoms with van der Waals surface area (Å²) in [4.78, 5) is 10.9. The molecule has 0 aliphatic carbocycles. The molecule has 15 heavy (non-hydrogen) atoms. The topological polar surface area (TPSA) is 78.3 Å². The van der Waals surface area contributed by atoms with Gasteiger partial charge in [0.2, 0.25) is 5.91 Å². The summed E-state index contributed by atoms with van der Waals surface area (Å²) in [6.07, 6.45) is 0.827. The van der Waals surface area contributed by atoms with Gasteiger partial charge in [0.25, 0.3) is 0 Å². The van der Waals surface area contributed by atoms with Gasteiger partial charge in [-0.15, -0.1) is 0 Å². The van der Waals surface area contributed by atoms with Gasteiger partial charge in [0.15, 0.2) is 0 Å². The van der Waals surface area contributed by atoms with Gasteiger partial charge in [-0.3, -0.25) is 4.79 Å². The van der Waals surface area contributed by atoms with Crippen LogP contribution in [0.1, 0.15) is 22.8 Å². The van der Waals surface area contributed by atoms with Gasteiger partial charge in [0.1, 0.15) is 0 Å². The Morgan fingerprint density at radius 2 is 2.20 bits per heavy atom. The monoisotopic (exact) mass is 208 g/mol. The molecule has 0 saturated carbocycles. The Bertz CT molecular complexity index is 364. The van der Waals surface area contributed by atoms with Gasteiger partial charge in [-0.2, -0.15) is 0 Å². The van der Waals surface area contributed by atoms with Crippen LogP contribution < -0.4 is 11.5 Å². The van der Waals surface area contributed by atoms with E-state index in [1.54, 1.807) is 19.2 Å². The second kappa shape index (κ2) is 4.79. The van der Waals surface area contributed by atoms with Crippen LogP contribution in [0.3, 0.4) is 0 Å². The van der Waals surface area contributed by atoms with Gasteiger partial charge in [-0.05, 0) is 24.6 Å². The van der Waals surface area contributed by atoms with E-state index in [0.29, 0.717) is 11.3 Å². The van der Waals surface area contributed by atoms with Gasteiger partial charge in [0.05, 0.1) is 6.10 Å². The minimum absolute atomic E-state index is 0.103. The minimum atomic E-state index is -0.465. The van der Waals surface area contributed by atoms with Crippen LogP contribution in [0, 0.1) is 0 Å². The van der Waals surface area contributed by atoms with E-state index in [-0.39, 0.29) is 6.10 Å². The highest BCUT2D eigenvalue weighted by Crippen LogP contribution is 2.16. The summed E-state index contributed by atoms with van der Waals surface area (Å²) in [6.45, 7) is 1.96. The lowest BCUT2D eigenvalue weighted by atomic mass is 10.0. The molecule has 0 aliphatic rings. The van der Waals surface area contributed by atoms with Crippen LogP contribution in [-0.4, -0.2) is 19.1 Å². The molecule has 0 aromatic heterocycles. The molecule has 1 atom stereocenters. The van der Waals surface area contributed by atoms with E-state index in [0.717, 1.165) is 12.0 Å². The predicted molar refractivity (Wildman–Crippen MR) is 59.5 cm³/mol. The van der Waals surface area contributed by atoms with Gasteiger partial charge in [-0.1, -0.05) is 6.07 Å². The largest absolute Gasteiger partial charge is 0.398 e. The maximum Gasteiger partial charge on any atom is 0.248 e. The van der Waals surface area contributed by atoms with Crippen molar-refractivity contribution in [3.63, 3.8) is 0 Å². The smallest absolute Gasteiger partial charge is 0.248 e. The number of anilines is 1. The molecule has 0 heterocycles. The molecule has 1 amide bonds. The molecule has 4 heteroatoms. The third-order valence-corrected chi connectivity index (χ3v) is 2.34. The van der Waals surface area contributed by atoms with Crippen molar-refractivity contribution in [2.45, 2.75) is 19.4 Å². The van der Waals surface area contributed by atoms with Gasteiger partial charge in [-0.25, -0.2) is 0 Å². The van der Waals surface area contributed by atoms with Crippen molar-refractivity contribution < 1.29 is 9.53 Å². The third-order valence-electron chi connectivity index (χ3n) is 2.34. The molecule has 0 spiro atoms. The van der Waals surface area contributed by atoms with E-state index in [2.05, 4.69) is 0 Å². The van der Waals surface area contributed by atoms with E-state index < -0.39 is 5.91 Å². The van der Waals surface area contributed by atoms with Crippen molar-refractivity contribution in [2.24, 2.45) is 5.73 Å². The number of ether oxygens (including phenoxy) is 1. The fraction of sp³-hybridized carbons (Fsp3) is 0.364. The lowest BCUT2D eigenvalue weighted by Gasteiger charge is -2.11. The summed E-state index contributed by atoms with van der Waals surface area (Å²) in [7, 11) is 1.65. The first-order valence-corrected chi connectivity index (χ1v) is 4.75. The van der Waals surface area contributed by atoms with Crippen LogP contribution >= 0.6 is 0 Å². The van der Waals surface area contributed by atoms with E-state index >= 15 is 0 Å². The first-order chi connectivity index (χ1) is 7.04. The molecular weight excluding hydrogens is 192 g/mol. The quantitative estimate of drug-likeness (QED) is 0.723. The Labute approximate surface area is 89.2 Å². The number of nitrogen functional groups attached to an aromatic ring is 1. The molecule has 0 radical (unpaired) electrons. The molecule has 0 saturated heterocycles. The normalized spacial score (nSPS) is 12.4. The number of carbonyl (C=O) groups excluding carboxylic acids is 1. The van der Waals surface area contributed by atoms with Crippen molar-refractivity contribution >= 4 is 11.6 Å². The van der Waals surface area contributed by atoms with Gasteiger partial charge >= 0.3 is 0 Å². The van der Waals surface area contributed by atoms with Crippen LogP contribution in [0.15, 0.2) is 18.2 Å². The van der Waals surface area contributed by atoms with Crippen LogP contribution in [0.25, 0.3) is 0 Å². The molecule has 1 rings (SSSR count). The lowest BCUT2D eigenvalue weighted by Crippen LogP contribution is -2.13. The van der Waals surface area contributed by atoms with E-state index in [1.165, 1.54) is 0 Å². The number of rotatable bonds is 4. The maximum atomic E-state index is 10.9. The van der Waals surface area contributed by atoms with Crippen LogP contribution in [0.4, 0.5) is 5.69 Å². The summed E-state index contributed by atoms with van der Waals surface area (Å²) in [5, 5.41) is 0. The van der Waals surface area contributed by atoms with E-state index in [4.69, 9.17) is 16.2 Å². The lowest BCUT2D eigenvalue weighted by molar-refractivity contribution is 0.100. The Morgan fingerprint density at radius 3 is 2.67 bits per heavy atom. The highest BCUT2D eigenvalue weighted by Gasteiger charge is 2.07. The standard InChI is InChI=1S/C11H16N2O2/c1-7(15-2)5-8-3-4-9(11(13)14)6-10(8)12/h3-4,6-7H,5,12H2,1-2H3,(H2,13,14). The van der Waals surface area contributed by atoms with E-state index in [9.17, 15) is 4.79 Å². The highest BCUT2D eigenvalue weighted by molar-refractivity contribution is 5.93. The van der Waals surface area contributed by atoms with Crippen molar-refractivity contribution in [1.29, 1.82) is 0 Å². The Morgan fingerprint density at radius 1 is 1.53 bits per heavy atom. The summed E-state index contributed by atoms with van der Waals surface area (Å²) in [5.74, 6) is -0.465. The molecule has 0 bridgehead atoms. The van der Waals surface area contributed by atoms with Gasteiger partial charge in [0, 0.05) is 24.8 Å². The van der Waals surface area contributed by atoms with Crippen LogP contribution in [0.5, 0.6) is 0 Å². The molecule has 1 unspecified atom stereocenters. The Balaban J connectivity index is 2.88. The summed E-state index contributed by atoms with van der Waals surface area (Å²) >= 11 is 0. The Hall–Kier alpha value is -1.55. The number of hydrogen-bond acceptors (Lipinski definition) is 3. The van der Waals surface area contributed by atoms with Crippen molar-refractivity contribution in [3.05, 3.63) is 29.3 Å². The number of amides is 1.